The van der Waals surface area contributed by atoms with Crippen molar-refractivity contribution in [3.63, 3.8) is 0 Å². The van der Waals surface area contributed by atoms with Crippen LogP contribution in [0.25, 0.3) is 11.3 Å². The summed E-state index contributed by atoms with van der Waals surface area (Å²) in [6.45, 7) is 6.11. The maximum absolute atomic E-state index is 6.05. The maximum atomic E-state index is 6.05. The van der Waals surface area contributed by atoms with Crippen molar-refractivity contribution in [2.24, 2.45) is 10.5 Å². The van der Waals surface area contributed by atoms with Crippen LogP contribution in [0.5, 0.6) is 0 Å². The van der Waals surface area contributed by atoms with Crippen LogP contribution in [-0.4, -0.2) is 25.7 Å². The third-order valence-electron chi connectivity index (χ3n) is 4.88. The molecule has 146 valence electrons. The number of hydrogen-bond acceptors (Lipinski definition) is 6. The molecule has 29 heavy (non-hydrogen) atoms. The summed E-state index contributed by atoms with van der Waals surface area (Å²) < 4.78 is 0. The normalized spacial score (nSPS) is 15.4. The molecule has 0 saturated heterocycles. The Morgan fingerprint density at radius 2 is 1.86 bits per heavy atom. The van der Waals surface area contributed by atoms with Gasteiger partial charge in [-0.15, -0.1) is 0 Å². The number of thiocarbonyl (C=S) groups is 1. The quantitative estimate of drug-likeness (QED) is 0.561. The average molecular weight is 423 g/mol. The van der Waals surface area contributed by atoms with Crippen LogP contribution in [0.2, 0.25) is 5.02 Å². The molecule has 2 aromatic heterocycles. The molecule has 3 heterocycles. The molecule has 1 aliphatic rings. The highest BCUT2D eigenvalue weighted by atomic mass is 35.5. The first-order valence-electron chi connectivity index (χ1n) is 9.07. The molecule has 0 aliphatic carbocycles. The van der Waals surface area contributed by atoms with E-state index in [9.17, 15) is 0 Å². The van der Waals surface area contributed by atoms with E-state index in [1.54, 1.807) is 17.4 Å². The van der Waals surface area contributed by atoms with Gasteiger partial charge < -0.3 is 5.32 Å². The predicted molar refractivity (Wildman–Crippen MR) is 122 cm³/mol. The van der Waals surface area contributed by atoms with Gasteiger partial charge in [-0.2, -0.15) is 5.10 Å². The number of pyridine rings is 1. The molecule has 0 fully saturated rings. The van der Waals surface area contributed by atoms with Gasteiger partial charge in [-0.25, -0.2) is 20.0 Å². The van der Waals surface area contributed by atoms with E-state index in [0.29, 0.717) is 16.8 Å². The summed E-state index contributed by atoms with van der Waals surface area (Å²) in [7, 11) is 0. The number of anilines is 3. The molecule has 1 aliphatic heterocycles. The van der Waals surface area contributed by atoms with E-state index in [1.165, 1.54) is 0 Å². The Morgan fingerprint density at radius 3 is 2.59 bits per heavy atom. The van der Waals surface area contributed by atoms with Gasteiger partial charge in [-0.3, -0.25) is 0 Å². The Hall–Kier alpha value is -2.90. The molecule has 0 saturated carbocycles. The number of hydrogen-bond donors (Lipinski definition) is 1. The molecule has 0 atom stereocenters. The Labute approximate surface area is 179 Å². The van der Waals surface area contributed by atoms with Gasteiger partial charge in [0.1, 0.15) is 4.99 Å². The van der Waals surface area contributed by atoms with Crippen molar-refractivity contribution in [2.45, 2.75) is 20.8 Å². The number of rotatable bonds is 4. The fourth-order valence-corrected chi connectivity index (χ4v) is 3.34. The third-order valence-corrected chi connectivity index (χ3v) is 5.79. The van der Waals surface area contributed by atoms with Crippen molar-refractivity contribution in [2.75, 3.05) is 10.3 Å². The minimum atomic E-state index is -0.268. The Balaban J connectivity index is 1.63. The summed E-state index contributed by atoms with van der Waals surface area (Å²) in [5.41, 5.74) is 3.17. The molecular formula is C21H19ClN6S. The summed E-state index contributed by atoms with van der Waals surface area (Å²) in [6, 6.07) is 13.1. The number of aromatic nitrogens is 3. The zero-order valence-electron chi connectivity index (χ0n) is 16.2. The van der Waals surface area contributed by atoms with Crippen molar-refractivity contribution in [3.8, 4) is 11.3 Å². The first-order valence-corrected chi connectivity index (χ1v) is 9.85. The molecule has 0 unspecified atom stereocenters. The highest BCUT2D eigenvalue weighted by Gasteiger charge is 2.38. The largest absolute Gasteiger partial charge is 0.324 e. The van der Waals surface area contributed by atoms with Crippen molar-refractivity contribution in [1.82, 2.24) is 15.0 Å². The fourth-order valence-electron chi connectivity index (χ4n) is 2.86. The summed E-state index contributed by atoms with van der Waals surface area (Å²) >= 11 is 11.7. The van der Waals surface area contributed by atoms with Crippen molar-refractivity contribution in [3.05, 3.63) is 59.9 Å². The van der Waals surface area contributed by atoms with E-state index in [4.69, 9.17) is 23.8 Å². The Bertz CT molecular complexity index is 1130. The molecule has 0 bridgehead atoms. The second kappa shape index (κ2) is 7.50. The van der Waals surface area contributed by atoms with Crippen LogP contribution in [0.4, 0.5) is 17.5 Å². The van der Waals surface area contributed by atoms with Crippen LogP contribution in [0.1, 0.15) is 20.8 Å². The van der Waals surface area contributed by atoms with Crippen molar-refractivity contribution in [1.29, 1.82) is 0 Å². The van der Waals surface area contributed by atoms with Crippen LogP contribution in [0, 0.1) is 5.41 Å². The van der Waals surface area contributed by atoms with Crippen LogP contribution >= 0.6 is 23.8 Å². The van der Waals surface area contributed by atoms with Gasteiger partial charge in [0.25, 0.3) is 0 Å². The van der Waals surface area contributed by atoms with E-state index in [0.717, 1.165) is 27.6 Å². The summed E-state index contributed by atoms with van der Waals surface area (Å²) in [5.74, 6) is 1.15. The third kappa shape index (κ3) is 3.83. The van der Waals surface area contributed by atoms with Gasteiger partial charge >= 0.3 is 0 Å². The van der Waals surface area contributed by atoms with Gasteiger partial charge in [0.15, 0.2) is 5.82 Å². The molecule has 0 radical (unpaired) electrons. The fraction of sp³-hybridized carbons (Fsp3) is 0.190. The first-order chi connectivity index (χ1) is 13.8. The lowest BCUT2D eigenvalue weighted by molar-refractivity contribution is 0.746. The number of nitrogens with one attached hydrogen (secondary N) is 1. The average Bonchev–Trinajstić information content (AvgIpc) is 2.91. The smallest absolute Gasteiger partial charge is 0.227 e. The van der Waals surface area contributed by atoms with Gasteiger partial charge in [0.2, 0.25) is 5.95 Å². The van der Waals surface area contributed by atoms with E-state index >= 15 is 0 Å². The first kappa shape index (κ1) is 19.4. The minimum absolute atomic E-state index is 0.268. The molecule has 3 aromatic rings. The van der Waals surface area contributed by atoms with E-state index < -0.39 is 0 Å². The molecule has 4 rings (SSSR count). The summed E-state index contributed by atoms with van der Waals surface area (Å²) in [5, 5.41) is 10.1. The molecule has 1 aromatic carbocycles. The molecule has 1 N–H and O–H groups in total. The predicted octanol–water partition coefficient (Wildman–Crippen LogP) is 5.49. The molecule has 6 nitrogen and oxygen atoms in total. The number of nitrogens with zero attached hydrogens (tertiary/aromatic N) is 5. The molecular weight excluding hydrogens is 404 g/mol. The van der Waals surface area contributed by atoms with E-state index in [-0.39, 0.29) is 5.41 Å². The zero-order chi connectivity index (χ0) is 20.6. The number of hydrazone groups is 1. The number of halogens is 1. The van der Waals surface area contributed by atoms with Gasteiger partial charge in [0.05, 0.1) is 11.1 Å². The van der Waals surface area contributed by atoms with Crippen LogP contribution in [0.3, 0.4) is 0 Å². The SMILES string of the molecule is CC1=NN(c2cc(-c3ccnc(Nc4cccc(Cl)c4)n3)ccn2)C(=S)C1(C)C. The lowest BCUT2D eigenvalue weighted by atomic mass is 9.89. The Kier molecular flexibility index (Phi) is 5.02. The minimum Gasteiger partial charge on any atom is -0.324 e. The van der Waals surface area contributed by atoms with Gasteiger partial charge in [-0.1, -0.05) is 29.9 Å². The standard InChI is InChI=1S/C21H19ClN6S/c1-13-21(2,3)19(29)28(27-13)18-11-14(7-9-23-18)17-8-10-24-20(26-17)25-16-6-4-5-15(22)12-16/h4-12H,1-3H3,(H,24,25,26). The van der Waals surface area contributed by atoms with Crippen LogP contribution in [-0.2, 0) is 0 Å². The zero-order valence-corrected chi connectivity index (χ0v) is 17.8. The second-order valence-corrected chi connectivity index (χ2v) is 8.05. The monoisotopic (exact) mass is 422 g/mol. The van der Waals surface area contributed by atoms with E-state index in [1.807, 2.05) is 49.4 Å². The maximum Gasteiger partial charge on any atom is 0.227 e. The van der Waals surface area contributed by atoms with Gasteiger partial charge in [-0.05, 0) is 57.2 Å². The topological polar surface area (TPSA) is 66.3 Å². The van der Waals surface area contributed by atoms with Crippen LogP contribution < -0.4 is 10.3 Å². The van der Waals surface area contributed by atoms with Crippen LogP contribution in [0.15, 0.2) is 60.0 Å². The van der Waals surface area contributed by atoms with Gasteiger partial charge in [0, 0.05) is 34.4 Å². The molecule has 8 heteroatoms. The second-order valence-electron chi connectivity index (χ2n) is 7.23. The molecule has 0 amide bonds. The van der Waals surface area contributed by atoms with E-state index in [2.05, 4.69) is 39.2 Å². The molecule has 0 spiro atoms. The summed E-state index contributed by atoms with van der Waals surface area (Å²) in [6.07, 6.45) is 3.44. The highest BCUT2D eigenvalue weighted by Crippen LogP contribution is 2.33. The number of benzene rings is 1. The lowest BCUT2D eigenvalue weighted by Gasteiger charge is -2.21. The van der Waals surface area contributed by atoms with Crippen molar-refractivity contribution >= 4 is 52.0 Å². The van der Waals surface area contributed by atoms with Crippen molar-refractivity contribution < 1.29 is 0 Å². The lowest BCUT2D eigenvalue weighted by Crippen LogP contribution is -2.32. The highest BCUT2D eigenvalue weighted by molar-refractivity contribution is 7.80. The summed E-state index contributed by atoms with van der Waals surface area (Å²) in [4.78, 5) is 14.1. The Morgan fingerprint density at radius 1 is 1.07 bits per heavy atom.